The third kappa shape index (κ3) is 2.44. The van der Waals surface area contributed by atoms with Crippen molar-refractivity contribution in [3.63, 3.8) is 0 Å². The van der Waals surface area contributed by atoms with E-state index in [9.17, 15) is 4.79 Å². The van der Waals surface area contributed by atoms with E-state index in [2.05, 4.69) is 21.2 Å². The standard InChI is InChI=1S/C12H12BrNO2/c1-8(11-6-7-16-12(11)15)14-10-4-2-9(13)3-5-10/h2-5,14H,6-7H2,1H3. The fourth-order valence-corrected chi connectivity index (χ4v) is 1.87. The number of nitrogens with one attached hydrogen (secondary N) is 1. The number of anilines is 1. The van der Waals surface area contributed by atoms with E-state index in [0.29, 0.717) is 13.0 Å². The lowest BCUT2D eigenvalue weighted by atomic mass is 10.2. The van der Waals surface area contributed by atoms with Gasteiger partial charge in [-0.15, -0.1) is 0 Å². The van der Waals surface area contributed by atoms with Gasteiger partial charge in [0.1, 0.15) is 0 Å². The van der Waals surface area contributed by atoms with Crippen LogP contribution in [0.25, 0.3) is 0 Å². The summed E-state index contributed by atoms with van der Waals surface area (Å²) in [6.45, 7) is 2.39. The number of rotatable bonds is 2. The van der Waals surface area contributed by atoms with Gasteiger partial charge in [0.05, 0.1) is 12.2 Å². The summed E-state index contributed by atoms with van der Waals surface area (Å²) in [6, 6.07) is 7.81. The highest BCUT2D eigenvalue weighted by molar-refractivity contribution is 9.10. The zero-order chi connectivity index (χ0) is 11.5. The third-order valence-corrected chi connectivity index (χ3v) is 2.99. The van der Waals surface area contributed by atoms with Crippen LogP contribution in [0.2, 0.25) is 0 Å². The number of halogens is 1. The van der Waals surface area contributed by atoms with Crippen molar-refractivity contribution >= 4 is 27.6 Å². The number of esters is 1. The van der Waals surface area contributed by atoms with E-state index in [1.165, 1.54) is 0 Å². The highest BCUT2D eigenvalue weighted by Crippen LogP contribution is 2.21. The Morgan fingerprint density at radius 2 is 2.06 bits per heavy atom. The second kappa shape index (κ2) is 4.70. The van der Waals surface area contributed by atoms with Gasteiger partial charge >= 0.3 is 5.97 Å². The number of carbonyl (C=O) groups is 1. The SMILES string of the molecule is CC(Nc1ccc(Br)cc1)=C1CCOC1=O. The van der Waals surface area contributed by atoms with Crippen LogP contribution in [0.3, 0.4) is 0 Å². The maximum Gasteiger partial charge on any atom is 0.335 e. The molecule has 4 heteroatoms. The minimum atomic E-state index is -0.206. The zero-order valence-electron chi connectivity index (χ0n) is 8.92. The highest BCUT2D eigenvalue weighted by Gasteiger charge is 2.21. The van der Waals surface area contributed by atoms with Gasteiger partial charge in [-0.3, -0.25) is 0 Å². The molecule has 3 nitrogen and oxygen atoms in total. The van der Waals surface area contributed by atoms with E-state index in [1.807, 2.05) is 31.2 Å². The summed E-state index contributed by atoms with van der Waals surface area (Å²) in [5, 5.41) is 3.20. The van der Waals surface area contributed by atoms with Crippen LogP contribution in [0, 0.1) is 0 Å². The smallest absolute Gasteiger partial charge is 0.335 e. The van der Waals surface area contributed by atoms with Gasteiger partial charge in [0.25, 0.3) is 0 Å². The van der Waals surface area contributed by atoms with E-state index in [0.717, 1.165) is 21.4 Å². The van der Waals surface area contributed by atoms with Gasteiger partial charge in [-0.1, -0.05) is 15.9 Å². The second-order valence-corrected chi connectivity index (χ2v) is 4.54. The Morgan fingerprint density at radius 1 is 1.38 bits per heavy atom. The van der Waals surface area contributed by atoms with Gasteiger partial charge in [-0.05, 0) is 31.2 Å². The predicted molar refractivity (Wildman–Crippen MR) is 66.0 cm³/mol. The minimum Gasteiger partial charge on any atom is -0.462 e. The first-order valence-electron chi connectivity index (χ1n) is 5.06. The van der Waals surface area contributed by atoms with Crippen LogP contribution in [0.5, 0.6) is 0 Å². The zero-order valence-corrected chi connectivity index (χ0v) is 10.5. The number of allylic oxidation sites excluding steroid dienone is 1. The summed E-state index contributed by atoms with van der Waals surface area (Å²) in [5.74, 6) is -0.206. The molecule has 0 aromatic heterocycles. The first-order valence-corrected chi connectivity index (χ1v) is 5.85. The number of hydrogen-bond donors (Lipinski definition) is 1. The molecule has 1 aromatic rings. The fourth-order valence-electron chi connectivity index (χ4n) is 1.60. The molecule has 0 atom stereocenters. The summed E-state index contributed by atoms with van der Waals surface area (Å²) in [4.78, 5) is 11.3. The van der Waals surface area contributed by atoms with Crippen molar-refractivity contribution in [2.75, 3.05) is 11.9 Å². The molecule has 1 N–H and O–H groups in total. The number of ether oxygens (including phenoxy) is 1. The van der Waals surface area contributed by atoms with Crippen LogP contribution in [0.15, 0.2) is 40.0 Å². The van der Waals surface area contributed by atoms with Crippen molar-refractivity contribution in [1.82, 2.24) is 0 Å². The Balaban J connectivity index is 2.15. The van der Waals surface area contributed by atoms with Crippen LogP contribution >= 0.6 is 15.9 Å². The van der Waals surface area contributed by atoms with E-state index in [1.54, 1.807) is 0 Å². The van der Waals surface area contributed by atoms with E-state index < -0.39 is 0 Å². The number of carbonyl (C=O) groups excluding carboxylic acids is 1. The molecule has 0 amide bonds. The van der Waals surface area contributed by atoms with Crippen LogP contribution in [0.4, 0.5) is 5.69 Å². The van der Waals surface area contributed by atoms with Gasteiger partial charge in [-0.25, -0.2) is 4.79 Å². The van der Waals surface area contributed by atoms with Crippen LogP contribution in [0.1, 0.15) is 13.3 Å². The van der Waals surface area contributed by atoms with E-state index in [-0.39, 0.29) is 5.97 Å². The van der Waals surface area contributed by atoms with Gasteiger partial charge in [0.15, 0.2) is 0 Å². The molecule has 0 unspecified atom stereocenters. The van der Waals surface area contributed by atoms with Gasteiger partial charge in [-0.2, -0.15) is 0 Å². The Labute approximate surface area is 103 Å². The summed E-state index contributed by atoms with van der Waals surface area (Å²) in [5.41, 5.74) is 2.57. The lowest BCUT2D eigenvalue weighted by Crippen LogP contribution is -2.04. The Kier molecular flexibility index (Phi) is 3.29. The minimum absolute atomic E-state index is 0.206. The molecule has 1 aromatic carbocycles. The van der Waals surface area contributed by atoms with Crippen molar-refractivity contribution in [3.05, 3.63) is 40.0 Å². The molecule has 1 saturated heterocycles. The van der Waals surface area contributed by atoms with Crippen molar-refractivity contribution in [1.29, 1.82) is 0 Å². The molecular weight excluding hydrogens is 270 g/mol. The normalized spacial score (nSPS) is 18.2. The molecule has 1 heterocycles. The average Bonchev–Trinajstić information content (AvgIpc) is 2.68. The van der Waals surface area contributed by atoms with Crippen molar-refractivity contribution in [2.45, 2.75) is 13.3 Å². The Hall–Kier alpha value is -1.29. The molecule has 1 aliphatic rings. The Morgan fingerprint density at radius 3 is 2.62 bits per heavy atom. The molecular formula is C12H12BrNO2. The summed E-state index contributed by atoms with van der Waals surface area (Å²) in [6.07, 6.45) is 0.689. The largest absolute Gasteiger partial charge is 0.462 e. The van der Waals surface area contributed by atoms with Crippen molar-refractivity contribution in [3.8, 4) is 0 Å². The van der Waals surface area contributed by atoms with E-state index in [4.69, 9.17) is 4.74 Å². The quantitative estimate of drug-likeness (QED) is 0.669. The second-order valence-electron chi connectivity index (χ2n) is 3.62. The fraction of sp³-hybridized carbons (Fsp3) is 0.250. The predicted octanol–water partition coefficient (Wildman–Crippen LogP) is 3.08. The first kappa shape index (κ1) is 11.2. The summed E-state index contributed by atoms with van der Waals surface area (Å²) in [7, 11) is 0. The van der Waals surface area contributed by atoms with Crippen LogP contribution in [-0.4, -0.2) is 12.6 Å². The Bertz CT molecular complexity index is 437. The molecule has 0 bridgehead atoms. The maximum atomic E-state index is 11.3. The van der Waals surface area contributed by atoms with Gasteiger partial charge in [0.2, 0.25) is 0 Å². The number of cyclic esters (lactones) is 1. The molecule has 84 valence electrons. The van der Waals surface area contributed by atoms with Crippen molar-refractivity contribution < 1.29 is 9.53 Å². The summed E-state index contributed by atoms with van der Waals surface area (Å²) < 4.78 is 5.93. The average molecular weight is 282 g/mol. The van der Waals surface area contributed by atoms with Crippen LogP contribution < -0.4 is 5.32 Å². The third-order valence-electron chi connectivity index (χ3n) is 2.46. The molecule has 16 heavy (non-hydrogen) atoms. The van der Waals surface area contributed by atoms with Gasteiger partial charge in [0, 0.05) is 22.3 Å². The molecule has 1 fully saturated rings. The molecule has 2 rings (SSSR count). The topological polar surface area (TPSA) is 38.3 Å². The highest BCUT2D eigenvalue weighted by atomic mass is 79.9. The van der Waals surface area contributed by atoms with Crippen LogP contribution in [-0.2, 0) is 9.53 Å². The lowest BCUT2D eigenvalue weighted by Gasteiger charge is -2.08. The van der Waals surface area contributed by atoms with E-state index >= 15 is 0 Å². The van der Waals surface area contributed by atoms with Gasteiger partial charge < -0.3 is 10.1 Å². The lowest BCUT2D eigenvalue weighted by molar-refractivity contribution is -0.135. The molecule has 0 radical (unpaired) electrons. The maximum absolute atomic E-state index is 11.3. The molecule has 0 saturated carbocycles. The molecule has 1 aliphatic heterocycles. The monoisotopic (exact) mass is 281 g/mol. The molecule has 0 aliphatic carbocycles. The first-order chi connectivity index (χ1) is 7.66. The summed E-state index contributed by atoms with van der Waals surface area (Å²) >= 11 is 3.37. The number of hydrogen-bond acceptors (Lipinski definition) is 3. The van der Waals surface area contributed by atoms with Crippen molar-refractivity contribution in [2.24, 2.45) is 0 Å². The number of benzene rings is 1. The molecule has 0 spiro atoms.